The van der Waals surface area contributed by atoms with Crippen LogP contribution in [0.15, 0.2) is 60.7 Å². The zero-order valence-corrected chi connectivity index (χ0v) is 15.4. The van der Waals surface area contributed by atoms with Crippen LogP contribution in [0.5, 0.6) is 5.75 Å². The predicted molar refractivity (Wildman–Crippen MR) is 102 cm³/mol. The fraction of sp³-hybridized carbons (Fsp3) is 0.286. The van der Waals surface area contributed by atoms with Crippen molar-refractivity contribution in [3.05, 3.63) is 66.2 Å². The first-order chi connectivity index (χ1) is 12.9. The van der Waals surface area contributed by atoms with Gasteiger partial charge in [0, 0.05) is 5.56 Å². The highest BCUT2D eigenvalue weighted by Crippen LogP contribution is 2.15. The van der Waals surface area contributed by atoms with E-state index in [1.807, 2.05) is 12.1 Å². The molecular formula is C21H24N2O4. The zero-order valence-electron chi connectivity index (χ0n) is 15.4. The molecule has 0 bridgehead atoms. The second-order valence-electron chi connectivity index (χ2n) is 6.55. The quantitative estimate of drug-likeness (QED) is 0.664. The van der Waals surface area contributed by atoms with Crippen molar-refractivity contribution in [3.63, 3.8) is 0 Å². The molecule has 6 nitrogen and oxygen atoms in total. The minimum atomic E-state index is -1.08. The van der Waals surface area contributed by atoms with Crippen LogP contribution in [-0.2, 0) is 9.59 Å². The van der Waals surface area contributed by atoms with Crippen molar-refractivity contribution in [2.75, 3.05) is 0 Å². The minimum absolute atomic E-state index is 0.158. The number of rotatable bonds is 9. The molecule has 2 aromatic carbocycles. The summed E-state index contributed by atoms with van der Waals surface area (Å²) < 4.78 is 5.74. The summed E-state index contributed by atoms with van der Waals surface area (Å²) in [5.41, 5.74) is 5.86. The van der Waals surface area contributed by atoms with Gasteiger partial charge < -0.3 is 15.8 Å². The number of carbonyl (C=O) groups is 3. The Bertz CT molecular complexity index is 775. The maximum Gasteiger partial charge on any atom is 0.262 e. The zero-order chi connectivity index (χ0) is 19.8. The average Bonchev–Trinajstić information content (AvgIpc) is 2.66. The van der Waals surface area contributed by atoms with E-state index in [0.29, 0.717) is 11.3 Å². The number of Topliss-reactive ketones (excluding diaryl/α,β-unsaturated/α-hetero) is 1. The van der Waals surface area contributed by atoms with Gasteiger partial charge in [0.1, 0.15) is 11.8 Å². The Balaban J connectivity index is 2.19. The van der Waals surface area contributed by atoms with Gasteiger partial charge in [0.05, 0.1) is 6.42 Å². The summed E-state index contributed by atoms with van der Waals surface area (Å²) in [6, 6.07) is 16.6. The highest BCUT2D eigenvalue weighted by molar-refractivity contribution is 6.00. The topological polar surface area (TPSA) is 98.5 Å². The normalized spacial score (nSPS) is 12.9. The third-order valence-corrected chi connectivity index (χ3v) is 4.05. The second-order valence-corrected chi connectivity index (χ2v) is 6.55. The molecule has 0 heterocycles. The van der Waals surface area contributed by atoms with Gasteiger partial charge in [0.15, 0.2) is 11.9 Å². The van der Waals surface area contributed by atoms with Crippen molar-refractivity contribution in [1.82, 2.24) is 5.32 Å². The van der Waals surface area contributed by atoms with Gasteiger partial charge in [-0.2, -0.15) is 0 Å². The first-order valence-electron chi connectivity index (χ1n) is 8.78. The van der Waals surface area contributed by atoms with Crippen LogP contribution in [0.2, 0.25) is 0 Å². The number of amides is 2. The molecule has 2 atom stereocenters. The van der Waals surface area contributed by atoms with E-state index in [1.54, 1.807) is 62.4 Å². The van der Waals surface area contributed by atoms with Gasteiger partial charge in [-0.3, -0.25) is 14.4 Å². The second kappa shape index (κ2) is 9.52. The number of para-hydroxylation sites is 1. The molecule has 0 spiro atoms. The van der Waals surface area contributed by atoms with Crippen LogP contribution in [0.4, 0.5) is 0 Å². The van der Waals surface area contributed by atoms with Crippen molar-refractivity contribution in [2.24, 2.45) is 11.7 Å². The van der Waals surface area contributed by atoms with Gasteiger partial charge >= 0.3 is 0 Å². The molecule has 0 radical (unpaired) electrons. The van der Waals surface area contributed by atoms with Crippen LogP contribution in [0.3, 0.4) is 0 Å². The largest absolute Gasteiger partial charge is 0.480 e. The smallest absolute Gasteiger partial charge is 0.262 e. The van der Waals surface area contributed by atoms with E-state index in [-0.39, 0.29) is 18.1 Å². The molecule has 2 amide bonds. The molecule has 3 N–H and O–H groups in total. The van der Waals surface area contributed by atoms with Crippen LogP contribution in [-0.4, -0.2) is 29.7 Å². The summed E-state index contributed by atoms with van der Waals surface area (Å²) in [5, 5.41) is 2.60. The van der Waals surface area contributed by atoms with Gasteiger partial charge in [0.2, 0.25) is 5.91 Å². The first kappa shape index (κ1) is 20.2. The molecule has 0 aliphatic rings. The number of hydrogen-bond acceptors (Lipinski definition) is 4. The van der Waals surface area contributed by atoms with Crippen LogP contribution in [0.25, 0.3) is 0 Å². The molecule has 2 unspecified atom stereocenters. The average molecular weight is 368 g/mol. The lowest BCUT2D eigenvalue weighted by Gasteiger charge is -2.23. The summed E-state index contributed by atoms with van der Waals surface area (Å²) in [5.74, 6) is -1.15. The van der Waals surface area contributed by atoms with E-state index < -0.39 is 24.0 Å². The van der Waals surface area contributed by atoms with Gasteiger partial charge in [-0.1, -0.05) is 62.4 Å². The number of nitrogens with two attached hydrogens (primary N) is 1. The summed E-state index contributed by atoms with van der Waals surface area (Å²) in [6.07, 6.45) is -1.24. The maximum atomic E-state index is 12.7. The van der Waals surface area contributed by atoms with E-state index in [9.17, 15) is 14.4 Å². The molecule has 0 aliphatic carbocycles. The number of hydrogen-bond donors (Lipinski definition) is 2. The van der Waals surface area contributed by atoms with Crippen molar-refractivity contribution >= 4 is 17.6 Å². The van der Waals surface area contributed by atoms with Gasteiger partial charge in [0.25, 0.3) is 5.91 Å². The Hall–Kier alpha value is -3.15. The van der Waals surface area contributed by atoms with E-state index in [0.717, 1.165) is 0 Å². The lowest BCUT2D eigenvalue weighted by Crippen LogP contribution is -2.52. The molecule has 27 heavy (non-hydrogen) atoms. The van der Waals surface area contributed by atoms with E-state index in [1.165, 1.54) is 0 Å². The predicted octanol–water partition coefficient (Wildman–Crippen LogP) is 2.33. The highest BCUT2D eigenvalue weighted by Gasteiger charge is 2.29. The molecule has 2 rings (SSSR count). The number of ketones is 1. The SMILES string of the molecule is CC(C)C(NC(=O)C(CC(=O)c1ccccc1)Oc1ccccc1)C(N)=O. The van der Waals surface area contributed by atoms with Crippen LogP contribution < -0.4 is 15.8 Å². The fourth-order valence-corrected chi connectivity index (χ4v) is 2.57. The Labute approximate surface area is 158 Å². The highest BCUT2D eigenvalue weighted by atomic mass is 16.5. The van der Waals surface area contributed by atoms with E-state index in [4.69, 9.17) is 10.5 Å². The maximum absolute atomic E-state index is 12.7. The molecule has 0 saturated heterocycles. The van der Waals surface area contributed by atoms with Gasteiger partial charge in [-0.15, -0.1) is 0 Å². The molecule has 0 aliphatic heterocycles. The summed E-state index contributed by atoms with van der Waals surface area (Å²) in [4.78, 5) is 36.9. The number of ether oxygens (including phenoxy) is 1. The molecule has 0 saturated carbocycles. The van der Waals surface area contributed by atoms with Crippen LogP contribution in [0.1, 0.15) is 30.6 Å². The minimum Gasteiger partial charge on any atom is -0.480 e. The van der Waals surface area contributed by atoms with Gasteiger partial charge in [-0.05, 0) is 18.1 Å². The summed E-state index contributed by atoms with van der Waals surface area (Å²) in [6.45, 7) is 3.55. The molecular weight excluding hydrogens is 344 g/mol. The monoisotopic (exact) mass is 368 g/mol. The van der Waals surface area contributed by atoms with Crippen molar-refractivity contribution in [2.45, 2.75) is 32.4 Å². The molecule has 6 heteroatoms. The Morgan fingerprint density at radius 1 is 0.963 bits per heavy atom. The number of carbonyl (C=O) groups excluding carboxylic acids is 3. The number of benzene rings is 2. The van der Waals surface area contributed by atoms with Crippen molar-refractivity contribution < 1.29 is 19.1 Å². The Kier molecular flexibility index (Phi) is 7.11. The lowest BCUT2D eigenvalue weighted by atomic mass is 10.0. The lowest BCUT2D eigenvalue weighted by molar-refractivity contribution is -0.132. The molecule has 2 aromatic rings. The molecule has 0 fully saturated rings. The van der Waals surface area contributed by atoms with Crippen LogP contribution >= 0.6 is 0 Å². The first-order valence-corrected chi connectivity index (χ1v) is 8.78. The van der Waals surface area contributed by atoms with Crippen molar-refractivity contribution in [1.29, 1.82) is 0 Å². The van der Waals surface area contributed by atoms with Gasteiger partial charge in [-0.25, -0.2) is 0 Å². The summed E-state index contributed by atoms with van der Waals surface area (Å²) in [7, 11) is 0. The van der Waals surface area contributed by atoms with Crippen LogP contribution in [0, 0.1) is 5.92 Å². The number of primary amides is 1. The third kappa shape index (κ3) is 5.95. The van der Waals surface area contributed by atoms with Crippen molar-refractivity contribution in [3.8, 4) is 5.75 Å². The Morgan fingerprint density at radius 2 is 1.52 bits per heavy atom. The standard InChI is InChI=1S/C21H24N2O4/c1-14(2)19(20(22)25)23-21(26)18(27-16-11-7-4-8-12-16)13-17(24)15-9-5-3-6-10-15/h3-12,14,18-19H,13H2,1-2H3,(H2,22,25)(H,23,26). The van der Waals surface area contributed by atoms with E-state index in [2.05, 4.69) is 5.32 Å². The molecule has 142 valence electrons. The summed E-state index contributed by atoms with van der Waals surface area (Å²) >= 11 is 0. The molecule has 0 aromatic heterocycles. The Morgan fingerprint density at radius 3 is 2.04 bits per heavy atom. The fourth-order valence-electron chi connectivity index (χ4n) is 2.57. The number of nitrogens with one attached hydrogen (secondary N) is 1. The van der Waals surface area contributed by atoms with E-state index >= 15 is 0 Å². The third-order valence-electron chi connectivity index (χ3n) is 4.05.